The molecule has 1 fully saturated rings. The van der Waals surface area contributed by atoms with Gasteiger partial charge in [-0.25, -0.2) is 4.39 Å². The van der Waals surface area contributed by atoms with Gasteiger partial charge in [-0.3, -0.25) is 9.89 Å². The molecule has 164 valence electrons. The summed E-state index contributed by atoms with van der Waals surface area (Å²) in [5.41, 5.74) is 5.00. The van der Waals surface area contributed by atoms with Crippen molar-refractivity contribution in [2.75, 3.05) is 26.7 Å². The Labute approximate surface area is 183 Å². The fourth-order valence-electron chi connectivity index (χ4n) is 4.36. The molecular weight excluding hydrogens is 389 g/mol. The van der Waals surface area contributed by atoms with E-state index in [-0.39, 0.29) is 5.82 Å². The predicted octanol–water partition coefficient (Wildman–Crippen LogP) is 3.99. The third-order valence-electron chi connectivity index (χ3n) is 6.17. The molecule has 0 spiro atoms. The summed E-state index contributed by atoms with van der Waals surface area (Å²) >= 11 is 0. The van der Waals surface area contributed by atoms with E-state index < -0.39 is 0 Å². The summed E-state index contributed by atoms with van der Waals surface area (Å²) in [6.45, 7) is 5.91. The van der Waals surface area contributed by atoms with Crippen molar-refractivity contribution in [1.82, 2.24) is 20.5 Å². The average molecular weight is 422 g/mol. The van der Waals surface area contributed by atoms with Gasteiger partial charge in [-0.1, -0.05) is 30.3 Å². The molecule has 6 heteroatoms. The second kappa shape index (κ2) is 9.96. The molecule has 0 radical (unpaired) electrons. The number of H-pyrrole nitrogens is 1. The van der Waals surface area contributed by atoms with E-state index in [2.05, 4.69) is 56.8 Å². The zero-order valence-electron chi connectivity index (χ0n) is 18.4. The Bertz CT molecular complexity index is 1020. The largest absolute Gasteiger partial charge is 0.361 e. The van der Waals surface area contributed by atoms with Crippen LogP contribution >= 0.6 is 0 Å². The van der Waals surface area contributed by atoms with E-state index in [1.165, 1.54) is 34.2 Å². The van der Waals surface area contributed by atoms with Gasteiger partial charge in [0, 0.05) is 56.4 Å². The molecular formula is C25H32FN5. The minimum Gasteiger partial charge on any atom is -0.361 e. The fraction of sp³-hybridized carbons (Fsp3) is 0.400. The van der Waals surface area contributed by atoms with Crippen LogP contribution in [0.3, 0.4) is 0 Å². The van der Waals surface area contributed by atoms with Crippen LogP contribution in [0.2, 0.25) is 0 Å². The van der Waals surface area contributed by atoms with E-state index in [0.717, 1.165) is 57.0 Å². The van der Waals surface area contributed by atoms with Crippen molar-refractivity contribution in [1.29, 1.82) is 0 Å². The molecule has 3 N–H and O–H groups in total. The van der Waals surface area contributed by atoms with E-state index in [1.807, 2.05) is 19.2 Å². The summed E-state index contributed by atoms with van der Waals surface area (Å²) in [6.07, 6.45) is 5.21. The first-order valence-electron chi connectivity index (χ1n) is 11.1. The molecule has 3 aromatic rings. The number of rotatable bonds is 6. The number of aromatic nitrogens is 1. The normalized spacial score (nSPS) is 16.0. The Morgan fingerprint density at radius 2 is 1.94 bits per heavy atom. The first-order chi connectivity index (χ1) is 15.1. The second-order valence-electron chi connectivity index (χ2n) is 8.38. The number of hydrogen-bond donors (Lipinski definition) is 3. The van der Waals surface area contributed by atoms with Crippen LogP contribution in [-0.2, 0) is 13.0 Å². The molecule has 1 saturated heterocycles. The molecule has 1 aromatic heterocycles. The van der Waals surface area contributed by atoms with Crippen LogP contribution in [0.1, 0.15) is 29.5 Å². The SMILES string of the molecule is CN=C(NCCc1c[nH]c2c(C)cccc12)NC1CCN(Cc2ccc(F)cc2)CC1. The smallest absolute Gasteiger partial charge is 0.191 e. The van der Waals surface area contributed by atoms with E-state index in [1.54, 1.807) is 0 Å². The zero-order chi connectivity index (χ0) is 21.6. The maximum Gasteiger partial charge on any atom is 0.191 e. The Morgan fingerprint density at radius 1 is 1.16 bits per heavy atom. The summed E-state index contributed by atoms with van der Waals surface area (Å²) in [7, 11) is 1.83. The van der Waals surface area contributed by atoms with Crippen LogP contribution in [0.5, 0.6) is 0 Å². The fourth-order valence-corrected chi connectivity index (χ4v) is 4.36. The highest BCUT2D eigenvalue weighted by Gasteiger charge is 2.20. The number of fused-ring (bicyclic) bond motifs is 1. The van der Waals surface area contributed by atoms with Crippen molar-refractivity contribution >= 4 is 16.9 Å². The molecule has 4 rings (SSSR count). The molecule has 0 saturated carbocycles. The number of piperidine rings is 1. The highest BCUT2D eigenvalue weighted by Crippen LogP contribution is 2.21. The van der Waals surface area contributed by atoms with Crippen LogP contribution in [0.15, 0.2) is 53.7 Å². The Kier molecular flexibility index (Phi) is 6.87. The molecule has 5 nitrogen and oxygen atoms in total. The van der Waals surface area contributed by atoms with Crippen molar-refractivity contribution in [2.45, 2.75) is 38.8 Å². The lowest BCUT2D eigenvalue weighted by Gasteiger charge is -2.33. The number of likely N-dealkylation sites (tertiary alicyclic amines) is 1. The van der Waals surface area contributed by atoms with Gasteiger partial charge in [0.25, 0.3) is 0 Å². The lowest BCUT2D eigenvalue weighted by Crippen LogP contribution is -2.48. The van der Waals surface area contributed by atoms with Crippen molar-refractivity contribution in [3.63, 3.8) is 0 Å². The second-order valence-corrected chi connectivity index (χ2v) is 8.38. The van der Waals surface area contributed by atoms with Gasteiger partial charge in [0.1, 0.15) is 5.82 Å². The van der Waals surface area contributed by atoms with Gasteiger partial charge in [-0.2, -0.15) is 0 Å². The third kappa shape index (κ3) is 5.44. The summed E-state index contributed by atoms with van der Waals surface area (Å²) in [5, 5.41) is 8.35. The Hall–Kier alpha value is -2.86. The number of aliphatic imine (C=N–C) groups is 1. The molecule has 0 amide bonds. The van der Waals surface area contributed by atoms with E-state index in [4.69, 9.17) is 0 Å². The number of aryl methyl sites for hydroxylation is 1. The third-order valence-corrected chi connectivity index (χ3v) is 6.17. The predicted molar refractivity (Wildman–Crippen MR) is 126 cm³/mol. The molecule has 0 unspecified atom stereocenters. The number of nitrogens with one attached hydrogen (secondary N) is 3. The number of guanidine groups is 1. The number of halogens is 1. The number of para-hydroxylation sites is 1. The monoisotopic (exact) mass is 421 g/mol. The van der Waals surface area contributed by atoms with Gasteiger partial charge >= 0.3 is 0 Å². The molecule has 2 aromatic carbocycles. The zero-order valence-corrected chi connectivity index (χ0v) is 18.4. The van der Waals surface area contributed by atoms with Gasteiger partial charge in [-0.15, -0.1) is 0 Å². The maximum atomic E-state index is 13.1. The van der Waals surface area contributed by atoms with Crippen LogP contribution in [0.25, 0.3) is 10.9 Å². The molecule has 2 heterocycles. The van der Waals surface area contributed by atoms with Gasteiger partial charge in [-0.05, 0) is 55.0 Å². The van der Waals surface area contributed by atoms with E-state index >= 15 is 0 Å². The summed E-state index contributed by atoms with van der Waals surface area (Å²) in [4.78, 5) is 10.2. The quantitative estimate of drug-likeness (QED) is 0.417. The minimum absolute atomic E-state index is 0.176. The minimum atomic E-state index is -0.176. The number of aromatic amines is 1. The highest BCUT2D eigenvalue weighted by molar-refractivity contribution is 5.86. The van der Waals surface area contributed by atoms with Crippen molar-refractivity contribution in [3.05, 3.63) is 71.2 Å². The molecule has 1 aliphatic rings. The van der Waals surface area contributed by atoms with Crippen LogP contribution in [0.4, 0.5) is 4.39 Å². The Morgan fingerprint density at radius 3 is 2.68 bits per heavy atom. The van der Waals surface area contributed by atoms with Crippen LogP contribution in [0, 0.1) is 12.7 Å². The van der Waals surface area contributed by atoms with Crippen molar-refractivity contribution in [2.24, 2.45) is 4.99 Å². The summed E-state index contributed by atoms with van der Waals surface area (Å²) < 4.78 is 13.1. The van der Waals surface area contributed by atoms with Gasteiger partial charge in [0.2, 0.25) is 0 Å². The summed E-state index contributed by atoms with van der Waals surface area (Å²) in [6, 6.07) is 13.7. The van der Waals surface area contributed by atoms with Gasteiger partial charge in [0.15, 0.2) is 5.96 Å². The highest BCUT2D eigenvalue weighted by atomic mass is 19.1. The molecule has 1 aliphatic heterocycles. The van der Waals surface area contributed by atoms with Crippen molar-refractivity contribution in [3.8, 4) is 0 Å². The first-order valence-corrected chi connectivity index (χ1v) is 11.1. The van der Waals surface area contributed by atoms with Gasteiger partial charge < -0.3 is 15.6 Å². The van der Waals surface area contributed by atoms with Gasteiger partial charge in [0.05, 0.1) is 0 Å². The number of benzene rings is 2. The standard InChI is InChI=1S/C25H32FN5/c1-18-4-3-5-23-20(16-29-24(18)23)10-13-28-25(27-2)30-22-11-14-31(15-12-22)17-19-6-8-21(26)9-7-19/h3-9,16,22,29H,10-15,17H2,1-2H3,(H2,27,28,30). The summed E-state index contributed by atoms with van der Waals surface area (Å²) in [5.74, 6) is 0.693. The average Bonchev–Trinajstić information content (AvgIpc) is 3.20. The van der Waals surface area contributed by atoms with Crippen LogP contribution < -0.4 is 10.6 Å². The number of hydrogen-bond acceptors (Lipinski definition) is 2. The lowest BCUT2D eigenvalue weighted by atomic mass is 10.0. The van der Waals surface area contributed by atoms with Crippen LogP contribution in [-0.4, -0.2) is 48.6 Å². The topological polar surface area (TPSA) is 55.5 Å². The number of nitrogens with zero attached hydrogens (tertiary/aromatic N) is 2. The molecule has 0 atom stereocenters. The molecule has 0 aliphatic carbocycles. The van der Waals surface area contributed by atoms with E-state index in [9.17, 15) is 4.39 Å². The van der Waals surface area contributed by atoms with E-state index in [0.29, 0.717) is 6.04 Å². The lowest BCUT2D eigenvalue weighted by molar-refractivity contribution is 0.198. The van der Waals surface area contributed by atoms with Crippen molar-refractivity contribution < 1.29 is 4.39 Å². The molecule has 0 bridgehead atoms. The first kappa shape index (κ1) is 21.4. The molecule has 31 heavy (non-hydrogen) atoms. The Balaban J connectivity index is 1.21. The maximum absolute atomic E-state index is 13.1.